The predicted octanol–water partition coefficient (Wildman–Crippen LogP) is 0.992. The Labute approximate surface area is 182 Å². The number of hydrogen-bond acceptors (Lipinski definition) is 9. The Morgan fingerprint density at radius 2 is 1.74 bits per heavy atom. The smallest absolute Gasteiger partial charge is 0.341 e. The molecule has 0 bridgehead atoms. The zero-order valence-corrected chi connectivity index (χ0v) is 18.8. The molecule has 10 nitrogen and oxygen atoms in total. The fraction of sp³-hybridized carbons (Fsp3) is 0.550. The van der Waals surface area contributed by atoms with Gasteiger partial charge in [0.05, 0.1) is 17.9 Å². The number of aliphatic hydroxyl groups is 1. The van der Waals surface area contributed by atoms with Crippen molar-refractivity contribution in [2.45, 2.75) is 46.5 Å². The molecule has 2 atom stereocenters. The highest BCUT2D eigenvalue weighted by Crippen LogP contribution is 2.24. The summed E-state index contributed by atoms with van der Waals surface area (Å²) in [5.74, 6) is -2.41. The van der Waals surface area contributed by atoms with Crippen molar-refractivity contribution in [3.63, 3.8) is 0 Å². The average molecular weight is 460 g/mol. The summed E-state index contributed by atoms with van der Waals surface area (Å²) >= 11 is 0. The monoisotopic (exact) mass is 459 g/mol. The summed E-state index contributed by atoms with van der Waals surface area (Å²) in [6.45, 7) is 5.17. The van der Waals surface area contributed by atoms with Gasteiger partial charge < -0.3 is 19.9 Å². The quantitative estimate of drug-likeness (QED) is 0.202. The van der Waals surface area contributed by atoms with Gasteiger partial charge in [0, 0.05) is 25.8 Å². The van der Waals surface area contributed by atoms with E-state index < -0.39 is 46.5 Å². The van der Waals surface area contributed by atoms with Gasteiger partial charge in [-0.1, -0.05) is 32.0 Å². The summed E-state index contributed by atoms with van der Waals surface area (Å²) in [5.41, 5.74) is -1.05. The molecule has 0 saturated heterocycles. The van der Waals surface area contributed by atoms with Crippen LogP contribution in [0.4, 0.5) is 0 Å². The van der Waals surface area contributed by atoms with Crippen LogP contribution in [0.1, 0.15) is 44.5 Å². The van der Waals surface area contributed by atoms with Crippen molar-refractivity contribution in [2.75, 3.05) is 18.9 Å². The Hall–Kier alpha value is -2.50. The Morgan fingerprint density at radius 3 is 2.32 bits per heavy atom. The third kappa shape index (κ3) is 9.90. The Bertz CT molecular complexity index is 853. The molecule has 1 aromatic rings. The lowest BCUT2D eigenvalue weighted by Gasteiger charge is -2.29. The van der Waals surface area contributed by atoms with Gasteiger partial charge >= 0.3 is 11.9 Å². The van der Waals surface area contributed by atoms with E-state index in [9.17, 15) is 27.9 Å². The highest BCUT2D eigenvalue weighted by Gasteiger charge is 2.37. The van der Waals surface area contributed by atoms with Gasteiger partial charge in [-0.25, -0.2) is 9.59 Å². The molecule has 11 heteroatoms. The molecule has 0 aliphatic heterocycles. The first kappa shape index (κ1) is 26.5. The van der Waals surface area contributed by atoms with Gasteiger partial charge in [0.25, 0.3) is 10.1 Å². The zero-order valence-electron chi connectivity index (χ0n) is 18.0. The van der Waals surface area contributed by atoms with E-state index in [4.69, 9.17) is 13.7 Å². The van der Waals surface area contributed by atoms with E-state index in [0.717, 1.165) is 0 Å². The number of benzene rings is 1. The number of carbonyl (C=O) groups excluding carboxylic acids is 3. The van der Waals surface area contributed by atoms with Gasteiger partial charge in [-0.3, -0.25) is 8.98 Å². The second-order valence-corrected chi connectivity index (χ2v) is 9.29. The number of hydrogen-bond donors (Lipinski definition) is 2. The molecule has 2 N–H and O–H groups in total. The molecular weight excluding hydrogens is 430 g/mol. The van der Waals surface area contributed by atoms with E-state index in [1.165, 1.54) is 39.8 Å². The molecule has 174 valence electrons. The van der Waals surface area contributed by atoms with Crippen LogP contribution in [0, 0.1) is 5.41 Å². The topological polar surface area (TPSA) is 145 Å². The van der Waals surface area contributed by atoms with Gasteiger partial charge in [-0.15, -0.1) is 0 Å². The number of nitrogens with one attached hydrogen (secondary N) is 1. The minimum atomic E-state index is -3.93. The molecule has 1 rings (SSSR count). The maximum atomic E-state index is 12.2. The van der Waals surface area contributed by atoms with Crippen molar-refractivity contribution in [3.05, 3.63) is 35.9 Å². The van der Waals surface area contributed by atoms with E-state index in [-0.39, 0.29) is 30.2 Å². The highest BCUT2D eigenvalue weighted by molar-refractivity contribution is 7.86. The fourth-order valence-corrected chi connectivity index (χ4v) is 3.36. The van der Waals surface area contributed by atoms with Crippen LogP contribution in [-0.4, -0.2) is 62.7 Å². The van der Waals surface area contributed by atoms with Crippen molar-refractivity contribution in [1.82, 2.24) is 5.32 Å². The largest absolute Gasteiger partial charge is 0.424 e. The minimum absolute atomic E-state index is 0.150. The highest BCUT2D eigenvalue weighted by atomic mass is 32.2. The number of esters is 2. The average Bonchev–Trinajstić information content (AvgIpc) is 2.69. The van der Waals surface area contributed by atoms with Crippen LogP contribution in [0.2, 0.25) is 0 Å². The molecule has 31 heavy (non-hydrogen) atoms. The predicted molar refractivity (Wildman–Crippen MR) is 110 cm³/mol. The molecule has 0 aromatic heterocycles. The number of ether oxygens (including phenoxy) is 2. The van der Waals surface area contributed by atoms with Gasteiger partial charge in [0.15, 0.2) is 6.10 Å². The molecule has 0 spiro atoms. The van der Waals surface area contributed by atoms with E-state index in [1.807, 2.05) is 0 Å². The zero-order chi connectivity index (χ0) is 23.7. The first-order valence-corrected chi connectivity index (χ1v) is 11.2. The molecule has 0 aliphatic rings. The molecule has 0 aliphatic carbocycles. The van der Waals surface area contributed by atoms with Crippen molar-refractivity contribution in [1.29, 1.82) is 0 Å². The number of carbonyl (C=O) groups is 3. The third-order valence-corrected chi connectivity index (χ3v) is 5.35. The van der Waals surface area contributed by atoms with E-state index in [2.05, 4.69) is 5.32 Å². The van der Waals surface area contributed by atoms with Crippen LogP contribution < -0.4 is 5.32 Å². The van der Waals surface area contributed by atoms with Crippen LogP contribution in [0.25, 0.3) is 0 Å². The second kappa shape index (κ2) is 11.8. The molecule has 2 unspecified atom stereocenters. The lowest BCUT2D eigenvalue weighted by molar-refractivity contribution is -0.182. The normalized spacial score (nSPS) is 13.7. The SMILES string of the molecule is CC(=O)NCCCS(=O)(=O)OCC(C)(C)C(O)C(=O)OC(C)OC(=O)c1ccccc1. The third-order valence-electron chi connectivity index (χ3n) is 4.08. The molecule has 0 heterocycles. The van der Waals surface area contributed by atoms with E-state index in [0.29, 0.717) is 0 Å². The van der Waals surface area contributed by atoms with Gasteiger partial charge in [0.2, 0.25) is 12.2 Å². The summed E-state index contributed by atoms with van der Waals surface area (Å²) < 4.78 is 38.8. The molecule has 0 saturated carbocycles. The molecule has 1 aromatic carbocycles. The first-order valence-electron chi connectivity index (χ1n) is 9.60. The van der Waals surface area contributed by atoms with Crippen LogP contribution in [0.15, 0.2) is 30.3 Å². The standard InChI is InChI=1S/C20H29NO9S/c1-14(22)21-11-8-12-31(26,27)28-13-20(3,4)17(23)19(25)30-15(2)29-18(24)16-9-6-5-7-10-16/h5-7,9-10,15,17,23H,8,11-13H2,1-4H3,(H,21,22). The summed E-state index contributed by atoms with van der Waals surface area (Å²) in [6, 6.07) is 8.08. The first-order chi connectivity index (χ1) is 14.3. The van der Waals surface area contributed by atoms with Crippen molar-refractivity contribution >= 4 is 28.0 Å². The van der Waals surface area contributed by atoms with E-state index >= 15 is 0 Å². The lowest BCUT2D eigenvalue weighted by atomic mass is 9.88. The second-order valence-electron chi connectivity index (χ2n) is 7.53. The summed E-state index contributed by atoms with van der Waals surface area (Å²) in [5, 5.41) is 12.7. The molecule has 0 fully saturated rings. The van der Waals surface area contributed by atoms with Crippen molar-refractivity contribution in [3.8, 4) is 0 Å². The van der Waals surface area contributed by atoms with Crippen LogP contribution in [0.3, 0.4) is 0 Å². The minimum Gasteiger partial charge on any atom is -0.424 e. The fourth-order valence-electron chi connectivity index (χ4n) is 2.26. The molecule has 0 radical (unpaired) electrons. The Kier molecular flexibility index (Phi) is 10.1. The maximum Gasteiger partial charge on any atom is 0.341 e. The summed E-state index contributed by atoms with van der Waals surface area (Å²) in [7, 11) is -3.93. The number of amides is 1. The molecular formula is C20H29NO9S. The Morgan fingerprint density at radius 1 is 1.13 bits per heavy atom. The van der Waals surface area contributed by atoms with Crippen molar-refractivity contribution < 1.29 is 41.6 Å². The van der Waals surface area contributed by atoms with Crippen LogP contribution in [0.5, 0.6) is 0 Å². The lowest BCUT2D eigenvalue weighted by Crippen LogP contribution is -2.43. The number of rotatable bonds is 12. The van der Waals surface area contributed by atoms with Gasteiger partial charge in [-0.2, -0.15) is 8.42 Å². The van der Waals surface area contributed by atoms with E-state index in [1.54, 1.807) is 18.2 Å². The summed E-state index contributed by atoms with van der Waals surface area (Å²) in [6.07, 6.45) is -2.86. The maximum absolute atomic E-state index is 12.2. The van der Waals surface area contributed by atoms with Crippen LogP contribution >= 0.6 is 0 Å². The summed E-state index contributed by atoms with van der Waals surface area (Å²) in [4.78, 5) is 35.0. The van der Waals surface area contributed by atoms with Crippen LogP contribution in [-0.2, 0) is 33.4 Å². The number of aliphatic hydroxyl groups excluding tert-OH is 1. The van der Waals surface area contributed by atoms with Gasteiger partial charge in [-0.05, 0) is 18.6 Å². The van der Waals surface area contributed by atoms with Gasteiger partial charge in [0.1, 0.15) is 0 Å². The van der Waals surface area contributed by atoms with Crippen molar-refractivity contribution in [2.24, 2.45) is 5.41 Å². The molecule has 1 amide bonds. The Balaban J connectivity index is 2.53.